The third kappa shape index (κ3) is 4.42. The van der Waals surface area contributed by atoms with Gasteiger partial charge in [0.1, 0.15) is 18.1 Å². The van der Waals surface area contributed by atoms with Gasteiger partial charge in [-0.3, -0.25) is 4.79 Å². The molecule has 7 heteroatoms. The van der Waals surface area contributed by atoms with Gasteiger partial charge < -0.3 is 14.4 Å². The lowest BCUT2D eigenvalue weighted by atomic mass is 10.4. The Hall–Kier alpha value is -2.15. The number of carbonyl (C=O) groups is 1. The molecule has 0 aliphatic rings. The molecule has 0 atom stereocenters. The number of esters is 1. The van der Waals surface area contributed by atoms with Gasteiger partial charge in [-0.1, -0.05) is 0 Å². The topological polar surface area (TPSA) is 64.5 Å². The molecule has 2 aromatic rings. The lowest BCUT2D eigenvalue weighted by Crippen LogP contribution is -2.27. The molecule has 0 spiro atoms. The van der Waals surface area contributed by atoms with Crippen LogP contribution in [0.3, 0.4) is 0 Å². The Kier molecular flexibility index (Phi) is 5.71. The average Bonchev–Trinajstić information content (AvgIpc) is 2.50. The third-order valence-electron chi connectivity index (χ3n) is 2.72. The molecule has 0 N–H and O–H groups in total. The standard InChI is InChI=1S/C15H16BrN3O3/c1-3-21-14(20)10-19(2)13-7-6-11(9-18-13)22-15-12(16)5-4-8-17-15/h4-9H,3,10H2,1-2H3. The van der Waals surface area contributed by atoms with Gasteiger partial charge >= 0.3 is 5.97 Å². The molecule has 0 fully saturated rings. The van der Waals surface area contributed by atoms with Gasteiger partial charge in [0.15, 0.2) is 0 Å². The van der Waals surface area contributed by atoms with Gasteiger partial charge in [-0.15, -0.1) is 0 Å². The molecule has 2 aromatic heterocycles. The zero-order valence-electron chi connectivity index (χ0n) is 12.3. The predicted molar refractivity (Wildman–Crippen MR) is 86.2 cm³/mol. The van der Waals surface area contributed by atoms with E-state index in [-0.39, 0.29) is 12.5 Å². The zero-order chi connectivity index (χ0) is 15.9. The van der Waals surface area contributed by atoms with Crippen molar-refractivity contribution in [2.24, 2.45) is 0 Å². The van der Waals surface area contributed by atoms with Crippen LogP contribution in [0.1, 0.15) is 6.92 Å². The molecule has 0 bridgehead atoms. The molecule has 6 nitrogen and oxygen atoms in total. The van der Waals surface area contributed by atoms with Gasteiger partial charge in [0.05, 0.1) is 17.3 Å². The van der Waals surface area contributed by atoms with Crippen molar-refractivity contribution in [3.05, 3.63) is 41.1 Å². The highest BCUT2D eigenvalue weighted by atomic mass is 79.9. The van der Waals surface area contributed by atoms with E-state index in [1.54, 1.807) is 43.4 Å². The van der Waals surface area contributed by atoms with Gasteiger partial charge in [-0.2, -0.15) is 0 Å². The Balaban J connectivity index is 2.01. The lowest BCUT2D eigenvalue weighted by Gasteiger charge is -2.17. The first-order chi connectivity index (χ1) is 10.6. The van der Waals surface area contributed by atoms with E-state index in [2.05, 4.69) is 25.9 Å². The number of likely N-dealkylation sites (N-methyl/N-ethyl adjacent to an activating group) is 1. The number of nitrogens with zero attached hydrogens (tertiary/aromatic N) is 3. The summed E-state index contributed by atoms with van der Waals surface area (Å²) in [5.41, 5.74) is 0. The van der Waals surface area contributed by atoms with Crippen LogP contribution < -0.4 is 9.64 Å². The highest BCUT2D eigenvalue weighted by molar-refractivity contribution is 9.10. The van der Waals surface area contributed by atoms with Gasteiger partial charge in [-0.25, -0.2) is 9.97 Å². The normalized spacial score (nSPS) is 10.1. The zero-order valence-corrected chi connectivity index (χ0v) is 13.9. The molecule has 0 saturated carbocycles. The number of anilines is 1. The largest absolute Gasteiger partial charge is 0.465 e. The summed E-state index contributed by atoms with van der Waals surface area (Å²) in [6.07, 6.45) is 3.23. The SMILES string of the molecule is CCOC(=O)CN(C)c1ccc(Oc2ncccc2Br)cn1. The van der Waals surface area contributed by atoms with Crippen molar-refractivity contribution < 1.29 is 14.3 Å². The van der Waals surface area contributed by atoms with Crippen molar-refractivity contribution in [2.45, 2.75) is 6.92 Å². The van der Waals surface area contributed by atoms with E-state index in [4.69, 9.17) is 9.47 Å². The minimum Gasteiger partial charge on any atom is -0.465 e. The second-order valence-electron chi connectivity index (χ2n) is 4.41. The Morgan fingerprint density at radius 3 is 2.77 bits per heavy atom. The van der Waals surface area contributed by atoms with Crippen molar-refractivity contribution in [2.75, 3.05) is 25.1 Å². The van der Waals surface area contributed by atoms with E-state index >= 15 is 0 Å². The number of aromatic nitrogens is 2. The number of rotatable bonds is 6. The highest BCUT2D eigenvalue weighted by Gasteiger charge is 2.10. The Morgan fingerprint density at radius 2 is 2.14 bits per heavy atom. The summed E-state index contributed by atoms with van der Waals surface area (Å²) in [6, 6.07) is 7.19. The van der Waals surface area contributed by atoms with Crippen LogP contribution in [0.4, 0.5) is 5.82 Å². The van der Waals surface area contributed by atoms with Gasteiger partial charge in [0, 0.05) is 13.2 Å². The van der Waals surface area contributed by atoms with Crippen molar-refractivity contribution in [3.8, 4) is 11.6 Å². The first kappa shape index (κ1) is 16.2. The van der Waals surface area contributed by atoms with Crippen LogP contribution in [0.2, 0.25) is 0 Å². The van der Waals surface area contributed by atoms with Crippen LogP contribution in [0.25, 0.3) is 0 Å². The molecule has 0 aliphatic heterocycles. The quantitative estimate of drug-likeness (QED) is 0.733. The number of pyridine rings is 2. The van der Waals surface area contributed by atoms with E-state index < -0.39 is 0 Å². The first-order valence-electron chi connectivity index (χ1n) is 6.71. The third-order valence-corrected chi connectivity index (χ3v) is 3.33. The predicted octanol–water partition coefficient (Wildman–Crippen LogP) is 3.03. The summed E-state index contributed by atoms with van der Waals surface area (Å²) < 4.78 is 11.3. The summed E-state index contributed by atoms with van der Waals surface area (Å²) in [4.78, 5) is 21.5. The molecule has 116 valence electrons. The van der Waals surface area contributed by atoms with Gasteiger partial charge in [0.2, 0.25) is 5.88 Å². The number of carbonyl (C=O) groups excluding carboxylic acids is 1. The summed E-state index contributed by atoms with van der Waals surface area (Å²) in [6.45, 7) is 2.29. The maximum absolute atomic E-state index is 11.4. The molecule has 2 rings (SSSR count). The summed E-state index contributed by atoms with van der Waals surface area (Å²) in [5.74, 6) is 1.40. The molecule has 0 unspecified atom stereocenters. The van der Waals surface area contributed by atoms with Crippen molar-refractivity contribution in [3.63, 3.8) is 0 Å². The Bertz CT molecular complexity index is 634. The van der Waals surface area contributed by atoms with E-state index in [1.165, 1.54) is 0 Å². The summed E-state index contributed by atoms with van der Waals surface area (Å²) in [7, 11) is 1.77. The minimum absolute atomic E-state index is 0.146. The summed E-state index contributed by atoms with van der Waals surface area (Å²) >= 11 is 3.37. The van der Waals surface area contributed by atoms with Crippen LogP contribution in [0.5, 0.6) is 11.6 Å². The number of hydrogen-bond acceptors (Lipinski definition) is 6. The Morgan fingerprint density at radius 1 is 1.32 bits per heavy atom. The number of hydrogen-bond donors (Lipinski definition) is 0. The second kappa shape index (κ2) is 7.74. The van der Waals surface area contributed by atoms with Crippen molar-refractivity contribution >= 4 is 27.7 Å². The molecular weight excluding hydrogens is 350 g/mol. The smallest absolute Gasteiger partial charge is 0.325 e. The molecule has 0 saturated heterocycles. The number of halogens is 1. The van der Waals surface area contributed by atoms with E-state index in [1.807, 2.05) is 12.1 Å². The molecule has 2 heterocycles. The molecule has 0 amide bonds. The fraction of sp³-hybridized carbons (Fsp3) is 0.267. The van der Waals surface area contributed by atoms with Crippen LogP contribution in [0.15, 0.2) is 41.1 Å². The summed E-state index contributed by atoms with van der Waals surface area (Å²) in [5, 5.41) is 0. The van der Waals surface area contributed by atoms with Crippen LogP contribution in [-0.2, 0) is 9.53 Å². The molecule has 0 aromatic carbocycles. The fourth-order valence-corrected chi connectivity index (χ4v) is 2.03. The lowest BCUT2D eigenvalue weighted by molar-refractivity contribution is -0.141. The van der Waals surface area contributed by atoms with Crippen molar-refractivity contribution in [1.29, 1.82) is 0 Å². The second-order valence-corrected chi connectivity index (χ2v) is 5.26. The maximum Gasteiger partial charge on any atom is 0.325 e. The first-order valence-corrected chi connectivity index (χ1v) is 7.50. The Labute approximate surface area is 137 Å². The van der Waals surface area contributed by atoms with Crippen molar-refractivity contribution in [1.82, 2.24) is 9.97 Å². The minimum atomic E-state index is -0.287. The van der Waals surface area contributed by atoms with Crippen LogP contribution >= 0.6 is 15.9 Å². The van der Waals surface area contributed by atoms with E-state index in [9.17, 15) is 4.79 Å². The monoisotopic (exact) mass is 365 g/mol. The molecule has 22 heavy (non-hydrogen) atoms. The van der Waals surface area contributed by atoms with Crippen LogP contribution in [0, 0.1) is 0 Å². The maximum atomic E-state index is 11.4. The average molecular weight is 366 g/mol. The van der Waals surface area contributed by atoms with E-state index in [0.717, 1.165) is 4.47 Å². The van der Waals surface area contributed by atoms with E-state index in [0.29, 0.717) is 24.1 Å². The molecule has 0 radical (unpaired) electrons. The fourth-order valence-electron chi connectivity index (χ4n) is 1.70. The molecular formula is C15H16BrN3O3. The molecule has 0 aliphatic carbocycles. The highest BCUT2D eigenvalue weighted by Crippen LogP contribution is 2.27. The van der Waals surface area contributed by atoms with Gasteiger partial charge in [0.25, 0.3) is 0 Å². The van der Waals surface area contributed by atoms with Gasteiger partial charge in [-0.05, 0) is 47.1 Å². The number of ether oxygens (including phenoxy) is 2. The van der Waals surface area contributed by atoms with Crippen LogP contribution in [-0.4, -0.2) is 36.1 Å².